The summed E-state index contributed by atoms with van der Waals surface area (Å²) in [5, 5.41) is 2.46. The summed E-state index contributed by atoms with van der Waals surface area (Å²) in [4.78, 5) is 24.0. The number of rotatable bonds is 4. The Kier molecular flexibility index (Phi) is 5.28. The molecule has 4 nitrogen and oxygen atoms in total. The van der Waals surface area contributed by atoms with Gasteiger partial charge in [0, 0.05) is 5.69 Å². The van der Waals surface area contributed by atoms with Crippen molar-refractivity contribution in [2.24, 2.45) is 0 Å². The first-order valence-corrected chi connectivity index (χ1v) is 7.32. The zero-order valence-electron chi connectivity index (χ0n) is 13.5. The highest BCUT2D eigenvalue weighted by atomic mass is 19.1. The van der Waals surface area contributed by atoms with Crippen molar-refractivity contribution >= 4 is 17.6 Å². The molecule has 0 aliphatic heterocycles. The van der Waals surface area contributed by atoms with Crippen molar-refractivity contribution in [3.8, 4) is 0 Å². The number of anilines is 1. The molecule has 2 aromatic carbocycles. The van der Waals surface area contributed by atoms with E-state index in [0.717, 1.165) is 6.07 Å². The van der Waals surface area contributed by atoms with Crippen LogP contribution in [-0.4, -0.2) is 18.0 Å². The van der Waals surface area contributed by atoms with Gasteiger partial charge in [0.15, 0.2) is 6.10 Å². The number of nitrogens with one attached hydrogen (secondary N) is 1. The summed E-state index contributed by atoms with van der Waals surface area (Å²) < 4.78 is 31.9. The molecule has 0 aliphatic rings. The van der Waals surface area contributed by atoms with Crippen LogP contribution in [0.4, 0.5) is 14.5 Å². The van der Waals surface area contributed by atoms with Crippen LogP contribution < -0.4 is 5.32 Å². The molecule has 2 rings (SSSR count). The van der Waals surface area contributed by atoms with Crippen LogP contribution in [0, 0.1) is 25.5 Å². The summed E-state index contributed by atoms with van der Waals surface area (Å²) in [6.07, 6.45) is -1.12. The second-order valence-corrected chi connectivity index (χ2v) is 5.46. The van der Waals surface area contributed by atoms with Crippen molar-refractivity contribution in [1.29, 1.82) is 0 Å². The van der Waals surface area contributed by atoms with E-state index in [0.29, 0.717) is 11.1 Å². The third-order valence-electron chi connectivity index (χ3n) is 3.50. The quantitative estimate of drug-likeness (QED) is 0.867. The van der Waals surface area contributed by atoms with Crippen molar-refractivity contribution in [1.82, 2.24) is 0 Å². The Balaban J connectivity index is 2.01. The topological polar surface area (TPSA) is 55.4 Å². The zero-order chi connectivity index (χ0) is 17.9. The monoisotopic (exact) mass is 333 g/mol. The fraction of sp³-hybridized carbons (Fsp3) is 0.222. The minimum Gasteiger partial charge on any atom is -0.449 e. The number of esters is 1. The second kappa shape index (κ2) is 7.21. The van der Waals surface area contributed by atoms with Gasteiger partial charge < -0.3 is 10.1 Å². The Bertz CT molecular complexity index is 790. The molecule has 0 bridgehead atoms. The van der Waals surface area contributed by atoms with E-state index in [2.05, 4.69) is 5.32 Å². The average Bonchev–Trinajstić information content (AvgIpc) is 2.53. The summed E-state index contributed by atoms with van der Waals surface area (Å²) in [6, 6.07) is 8.16. The summed E-state index contributed by atoms with van der Waals surface area (Å²) in [7, 11) is 0. The summed E-state index contributed by atoms with van der Waals surface area (Å²) >= 11 is 0. The number of hydrogen-bond donors (Lipinski definition) is 1. The first-order valence-electron chi connectivity index (χ1n) is 7.32. The van der Waals surface area contributed by atoms with E-state index in [-0.39, 0.29) is 11.3 Å². The van der Waals surface area contributed by atoms with Crippen molar-refractivity contribution < 1.29 is 23.1 Å². The molecule has 2 aromatic rings. The van der Waals surface area contributed by atoms with Crippen molar-refractivity contribution in [2.45, 2.75) is 26.9 Å². The largest absolute Gasteiger partial charge is 0.449 e. The molecule has 0 fully saturated rings. The summed E-state index contributed by atoms with van der Waals surface area (Å²) in [6.45, 7) is 4.55. The highest BCUT2D eigenvalue weighted by molar-refractivity contribution is 5.97. The van der Waals surface area contributed by atoms with Crippen molar-refractivity contribution in [3.63, 3.8) is 0 Å². The van der Waals surface area contributed by atoms with E-state index >= 15 is 0 Å². The van der Waals surface area contributed by atoms with E-state index in [9.17, 15) is 18.4 Å². The molecule has 0 spiro atoms. The predicted molar refractivity (Wildman–Crippen MR) is 85.8 cm³/mol. The number of aryl methyl sites for hydroxylation is 2. The second-order valence-electron chi connectivity index (χ2n) is 5.46. The standard InChI is InChI=1S/C18H17F2NO3/c1-10-4-6-13(8-15(10)19)18(23)24-12(3)17(22)21-14-7-5-11(2)16(20)9-14/h4-9,12H,1-3H3,(H,21,22)/t12-/m1/s1. The highest BCUT2D eigenvalue weighted by Crippen LogP contribution is 2.15. The molecular formula is C18H17F2NO3. The molecule has 0 radical (unpaired) electrons. The molecule has 0 aliphatic carbocycles. The van der Waals surface area contributed by atoms with Gasteiger partial charge in [0.05, 0.1) is 5.56 Å². The van der Waals surface area contributed by atoms with Crippen LogP contribution in [0.5, 0.6) is 0 Å². The maximum absolute atomic E-state index is 13.5. The molecule has 0 saturated heterocycles. The summed E-state index contributed by atoms with van der Waals surface area (Å²) in [5.41, 5.74) is 1.12. The van der Waals surface area contributed by atoms with E-state index < -0.39 is 29.6 Å². The Labute approximate surface area is 138 Å². The van der Waals surface area contributed by atoms with E-state index in [1.807, 2.05) is 0 Å². The van der Waals surface area contributed by atoms with Crippen molar-refractivity contribution in [3.05, 3.63) is 64.7 Å². The molecule has 6 heteroatoms. The summed E-state index contributed by atoms with van der Waals surface area (Å²) in [5.74, 6) is -2.41. The van der Waals surface area contributed by atoms with Crippen molar-refractivity contribution in [2.75, 3.05) is 5.32 Å². The number of carbonyl (C=O) groups excluding carboxylic acids is 2. The fourth-order valence-electron chi connectivity index (χ4n) is 1.92. The zero-order valence-corrected chi connectivity index (χ0v) is 13.5. The van der Waals surface area contributed by atoms with Gasteiger partial charge in [-0.2, -0.15) is 0 Å². The van der Waals surface area contributed by atoms with Gasteiger partial charge in [0.1, 0.15) is 11.6 Å². The smallest absolute Gasteiger partial charge is 0.339 e. The maximum Gasteiger partial charge on any atom is 0.339 e. The lowest BCUT2D eigenvalue weighted by molar-refractivity contribution is -0.123. The molecular weight excluding hydrogens is 316 g/mol. The molecule has 1 N–H and O–H groups in total. The third kappa shape index (κ3) is 4.16. The molecule has 24 heavy (non-hydrogen) atoms. The number of amides is 1. The first kappa shape index (κ1) is 17.6. The minimum absolute atomic E-state index is 0.0131. The first-order chi connectivity index (χ1) is 11.3. The Morgan fingerprint density at radius 2 is 1.58 bits per heavy atom. The Morgan fingerprint density at radius 1 is 1.00 bits per heavy atom. The number of halogens is 2. The van der Waals surface area contributed by atoms with E-state index in [1.165, 1.54) is 31.2 Å². The lowest BCUT2D eigenvalue weighted by Gasteiger charge is -2.14. The van der Waals surface area contributed by atoms with Gasteiger partial charge >= 0.3 is 5.97 Å². The molecule has 1 atom stereocenters. The number of ether oxygens (including phenoxy) is 1. The molecule has 0 saturated carbocycles. The van der Waals surface area contributed by atoms with Gasteiger partial charge in [-0.15, -0.1) is 0 Å². The van der Waals surface area contributed by atoms with Gasteiger partial charge in [0.2, 0.25) is 0 Å². The van der Waals surface area contributed by atoms with E-state index in [4.69, 9.17) is 4.74 Å². The van der Waals surface area contributed by atoms with Crippen LogP contribution in [0.2, 0.25) is 0 Å². The normalized spacial score (nSPS) is 11.7. The number of hydrogen-bond acceptors (Lipinski definition) is 3. The van der Waals surface area contributed by atoms with Gasteiger partial charge in [-0.3, -0.25) is 4.79 Å². The highest BCUT2D eigenvalue weighted by Gasteiger charge is 2.20. The third-order valence-corrected chi connectivity index (χ3v) is 3.50. The molecule has 126 valence electrons. The SMILES string of the molecule is Cc1ccc(NC(=O)[C@@H](C)OC(=O)c2ccc(C)c(F)c2)cc1F. The Morgan fingerprint density at radius 3 is 2.17 bits per heavy atom. The lowest BCUT2D eigenvalue weighted by atomic mass is 10.1. The average molecular weight is 333 g/mol. The van der Waals surface area contributed by atoms with Crippen LogP contribution in [0.3, 0.4) is 0 Å². The lowest BCUT2D eigenvalue weighted by Crippen LogP contribution is -2.30. The van der Waals surface area contributed by atoms with Crippen LogP contribution >= 0.6 is 0 Å². The van der Waals surface area contributed by atoms with Crippen LogP contribution in [-0.2, 0) is 9.53 Å². The van der Waals surface area contributed by atoms with Crippen LogP contribution in [0.25, 0.3) is 0 Å². The van der Waals surface area contributed by atoms with Crippen LogP contribution in [0.1, 0.15) is 28.4 Å². The minimum atomic E-state index is -1.12. The maximum atomic E-state index is 13.5. The molecule has 0 aromatic heterocycles. The number of carbonyl (C=O) groups is 2. The predicted octanol–water partition coefficient (Wildman–Crippen LogP) is 3.77. The van der Waals surface area contributed by atoms with Crippen LogP contribution in [0.15, 0.2) is 36.4 Å². The van der Waals surface area contributed by atoms with Gasteiger partial charge in [-0.05, 0) is 56.2 Å². The number of benzene rings is 2. The molecule has 0 heterocycles. The molecule has 1 amide bonds. The van der Waals surface area contributed by atoms with Gasteiger partial charge in [0.25, 0.3) is 5.91 Å². The van der Waals surface area contributed by atoms with Gasteiger partial charge in [-0.25, -0.2) is 13.6 Å². The Hall–Kier alpha value is -2.76. The molecule has 0 unspecified atom stereocenters. The van der Waals surface area contributed by atoms with E-state index in [1.54, 1.807) is 19.9 Å². The van der Waals surface area contributed by atoms with Gasteiger partial charge in [-0.1, -0.05) is 12.1 Å². The fourth-order valence-corrected chi connectivity index (χ4v) is 1.92.